The molecule has 2 aromatic heterocycles. The van der Waals surface area contributed by atoms with Crippen LogP contribution in [0, 0.1) is 0 Å². The number of carbonyl (C=O) groups is 1. The van der Waals surface area contributed by atoms with E-state index in [2.05, 4.69) is 15.2 Å². The lowest BCUT2D eigenvalue weighted by molar-refractivity contribution is -0.139. The molecule has 0 fully saturated rings. The molecule has 0 unspecified atom stereocenters. The molecule has 0 N–H and O–H groups in total. The van der Waals surface area contributed by atoms with Crippen molar-refractivity contribution in [2.24, 2.45) is 0 Å². The average molecular weight is 370 g/mol. The predicted molar refractivity (Wildman–Crippen MR) is 98.5 cm³/mol. The maximum atomic E-state index is 11.7. The Kier molecular flexibility index (Phi) is 5.85. The Labute approximate surface area is 155 Å². The molecule has 0 bridgehead atoms. The fourth-order valence-corrected chi connectivity index (χ4v) is 3.09. The van der Waals surface area contributed by atoms with E-state index in [1.165, 1.54) is 11.8 Å². The van der Waals surface area contributed by atoms with Gasteiger partial charge in [0.05, 0.1) is 19.5 Å². The fraction of sp³-hybridized carbons (Fsp3) is 0.222. The third kappa shape index (κ3) is 4.02. The topological polar surface area (TPSA) is 79.1 Å². The van der Waals surface area contributed by atoms with E-state index in [0.717, 1.165) is 17.0 Å². The summed E-state index contributed by atoms with van der Waals surface area (Å²) in [6.07, 6.45) is 3.40. The number of aromatic nitrogens is 4. The van der Waals surface area contributed by atoms with Crippen molar-refractivity contribution in [3.8, 4) is 22.8 Å². The number of thioether (sulfide) groups is 1. The molecule has 0 amide bonds. The molecule has 3 aromatic rings. The highest BCUT2D eigenvalue weighted by molar-refractivity contribution is 7.99. The van der Waals surface area contributed by atoms with Gasteiger partial charge < -0.3 is 9.47 Å². The number of hydrogen-bond donors (Lipinski definition) is 0. The minimum Gasteiger partial charge on any atom is -0.497 e. The van der Waals surface area contributed by atoms with Gasteiger partial charge in [-0.15, -0.1) is 10.2 Å². The molecule has 0 radical (unpaired) electrons. The summed E-state index contributed by atoms with van der Waals surface area (Å²) in [6.45, 7) is 2.14. The van der Waals surface area contributed by atoms with Crippen LogP contribution < -0.4 is 4.74 Å². The van der Waals surface area contributed by atoms with E-state index >= 15 is 0 Å². The Hall–Kier alpha value is -2.87. The Bertz CT molecular complexity index is 866. The number of carbonyl (C=O) groups excluding carboxylic acids is 1. The van der Waals surface area contributed by atoms with Crippen molar-refractivity contribution in [1.29, 1.82) is 0 Å². The van der Waals surface area contributed by atoms with Gasteiger partial charge in [-0.3, -0.25) is 14.3 Å². The third-order valence-electron chi connectivity index (χ3n) is 3.53. The lowest BCUT2D eigenvalue weighted by Crippen LogP contribution is -2.08. The molecule has 0 spiro atoms. The first-order chi connectivity index (χ1) is 12.7. The molecule has 2 heterocycles. The lowest BCUT2D eigenvalue weighted by Gasteiger charge is -2.11. The van der Waals surface area contributed by atoms with Gasteiger partial charge >= 0.3 is 5.97 Å². The minimum atomic E-state index is -0.285. The molecule has 134 valence electrons. The van der Waals surface area contributed by atoms with Gasteiger partial charge in [0.25, 0.3) is 0 Å². The normalized spacial score (nSPS) is 10.5. The van der Waals surface area contributed by atoms with Crippen LogP contribution in [0.4, 0.5) is 0 Å². The van der Waals surface area contributed by atoms with Crippen LogP contribution in [0.2, 0.25) is 0 Å². The molecule has 0 aliphatic heterocycles. The van der Waals surface area contributed by atoms with Gasteiger partial charge in [0.15, 0.2) is 11.0 Å². The number of benzene rings is 1. The van der Waals surface area contributed by atoms with Crippen molar-refractivity contribution in [2.45, 2.75) is 12.1 Å². The standard InChI is InChI=1S/C18H18N4O3S/c1-3-25-16(23)12-26-18-21-20-17(13-8-10-19-11-9-13)22(18)14-4-6-15(24-2)7-5-14/h4-11H,3,12H2,1-2H3. The van der Waals surface area contributed by atoms with Crippen LogP contribution >= 0.6 is 11.8 Å². The lowest BCUT2D eigenvalue weighted by atomic mass is 10.2. The van der Waals surface area contributed by atoms with Crippen molar-refractivity contribution in [1.82, 2.24) is 19.7 Å². The van der Waals surface area contributed by atoms with Gasteiger partial charge in [0, 0.05) is 23.6 Å². The first-order valence-electron chi connectivity index (χ1n) is 8.01. The zero-order valence-electron chi connectivity index (χ0n) is 14.5. The maximum Gasteiger partial charge on any atom is 0.316 e. The van der Waals surface area contributed by atoms with E-state index < -0.39 is 0 Å². The largest absolute Gasteiger partial charge is 0.497 e. The van der Waals surface area contributed by atoms with Crippen LogP contribution in [0.25, 0.3) is 17.1 Å². The van der Waals surface area contributed by atoms with Crippen LogP contribution in [-0.4, -0.2) is 45.2 Å². The monoisotopic (exact) mass is 370 g/mol. The van der Waals surface area contributed by atoms with Gasteiger partial charge in [0.1, 0.15) is 5.75 Å². The van der Waals surface area contributed by atoms with E-state index in [1.54, 1.807) is 26.4 Å². The van der Waals surface area contributed by atoms with Crippen molar-refractivity contribution >= 4 is 17.7 Å². The number of methoxy groups -OCH3 is 1. The molecule has 0 atom stereocenters. The summed E-state index contributed by atoms with van der Waals surface area (Å²) in [5.74, 6) is 1.31. The molecule has 8 heteroatoms. The van der Waals surface area contributed by atoms with Gasteiger partial charge in [-0.1, -0.05) is 11.8 Å². The number of hydrogen-bond acceptors (Lipinski definition) is 7. The average Bonchev–Trinajstić information content (AvgIpc) is 3.11. The predicted octanol–water partition coefficient (Wildman–Crippen LogP) is 2.99. The molecular formula is C18H18N4O3S. The summed E-state index contributed by atoms with van der Waals surface area (Å²) in [5.41, 5.74) is 1.75. The van der Waals surface area contributed by atoms with Crippen molar-refractivity contribution in [3.05, 3.63) is 48.8 Å². The summed E-state index contributed by atoms with van der Waals surface area (Å²) < 4.78 is 12.1. The Morgan fingerprint density at radius 2 is 1.85 bits per heavy atom. The third-order valence-corrected chi connectivity index (χ3v) is 4.43. The summed E-state index contributed by atoms with van der Waals surface area (Å²) >= 11 is 1.28. The zero-order valence-corrected chi connectivity index (χ0v) is 15.3. The first-order valence-corrected chi connectivity index (χ1v) is 9.00. The minimum absolute atomic E-state index is 0.165. The highest BCUT2D eigenvalue weighted by atomic mass is 32.2. The van der Waals surface area contributed by atoms with E-state index in [9.17, 15) is 4.79 Å². The van der Waals surface area contributed by atoms with Crippen LogP contribution in [0.1, 0.15) is 6.92 Å². The number of esters is 1. The molecule has 0 saturated heterocycles. The fourth-order valence-electron chi connectivity index (χ4n) is 2.34. The van der Waals surface area contributed by atoms with E-state index in [4.69, 9.17) is 9.47 Å². The molecule has 26 heavy (non-hydrogen) atoms. The van der Waals surface area contributed by atoms with Crippen LogP contribution in [-0.2, 0) is 9.53 Å². The van der Waals surface area contributed by atoms with E-state index in [1.807, 2.05) is 41.0 Å². The SMILES string of the molecule is CCOC(=O)CSc1nnc(-c2ccncc2)n1-c1ccc(OC)cc1. The Morgan fingerprint density at radius 1 is 1.12 bits per heavy atom. The van der Waals surface area contributed by atoms with Crippen molar-refractivity contribution in [2.75, 3.05) is 19.5 Å². The Morgan fingerprint density at radius 3 is 2.50 bits per heavy atom. The summed E-state index contributed by atoms with van der Waals surface area (Å²) in [6, 6.07) is 11.3. The second-order valence-electron chi connectivity index (χ2n) is 5.17. The van der Waals surface area contributed by atoms with Gasteiger partial charge in [0.2, 0.25) is 0 Å². The van der Waals surface area contributed by atoms with Gasteiger partial charge in [-0.2, -0.15) is 0 Å². The highest BCUT2D eigenvalue weighted by Crippen LogP contribution is 2.28. The highest BCUT2D eigenvalue weighted by Gasteiger charge is 2.17. The second-order valence-corrected chi connectivity index (χ2v) is 6.11. The summed E-state index contributed by atoms with van der Waals surface area (Å²) in [5, 5.41) is 9.18. The molecule has 0 aliphatic carbocycles. The smallest absolute Gasteiger partial charge is 0.316 e. The number of pyridine rings is 1. The summed E-state index contributed by atoms with van der Waals surface area (Å²) in [4.78, 5) is 15.7. The van der Waals surface area contributed by atoms with Crippen molar-refractivity contribution < 1.29 is 14.3 Å². The second kappa shape index (κ2) is 8.48. The summed E-state index contributed by atoms with van der Waals surface area (Å²) in [7, 11) is 1.62. The Balaban J connectivity index is 1.99. The van der Waals surface area contributed by atoms with E-state index in [-0.39, 0.29) is 11.7 Å². The number of nitrogens with zero attached hydrogens (tertiary/aromatic N) is 4. The van der Waals surface area contributed by atoms with Crippen LogP contribution in [0.5, 0.6) is 5.75 Å². The van der Waals surface area contributed by atoms with E-state index in [0.29, 0.717) is 17.6 Å². The van der Waals surface area contributed by atoms with Crippen LogP contribution in [0.3, 0.4) is 0 Å². The molecule has 1 aromatic carbocycles. The number of rotatable bonds is 7. The molecule has 0 aliphatic rings. The molecule has 3 rings (SSSR count). The quantitative estimate of drug-likeness (QED) is 0.467. The van der Waals surface area contributed by atoms with Crippen molar-refractivity contribution in [3.63, 3.8) is 0 Å². The van der Waals surface area contributed by atoms with Crippen LogP contribution in [0.15, 0.2) is 53.9 Å². The zero-order chi connectivity index (χ0) is 18.4. The molecular weight excluding hydrogens is 352 g/mol. The van der Waals surface area contributed by atoms with Gasteiger partial charge in [-0.05, 0) is 43.3 Å². The molecule has 7 nitrogen and oxygen atoms in total. The first kappa shape index (κ1) is 17.9. The molecule has 0 saturated carbocycles. The number of ether oxygens (including phenoxy) is 2. The van der Waals surface area contributed by atoms with Gasteiger partial charge in [-0.25, -0.2) is 0 Å². The maximum absolute atomic E-state index is 11.7.